The van der Waals surface area contributed by atoms with Crippen molar-refractivity contribution in [3.8, 4) is 0 Å². The van der Waals surface area contributed by atoms with Gasteiger partial charge in [0.15, 0.2) is 0 Å². The minimum Gasteiger partial charge on any atom is -0.469 e. The Hall–Kier alpha value is 1.23. The normalized spacial score (nSPS) is 22.0. The monoisotopic (exact) mass is 484 g/mol. The molecule has 3 aliphatic rings. The van der Waals surface area contributed by atoms with E-state index in [0.29, 0.717) is 6.42 Å². The SMILES string of the molecule is COC(=O)CCSC1=C(SC)S/C(=C/C=C2SC3=C(SCCS3)S2)S1. The Kier molecular flexibility index (Phi) is 8.96. The number of hydrogen-bond donors (Lipinski definition) is 0. The summed E-state index contributed by atoms with van der Waals surface area (Å²) >= 11 is 15.0. The van der Waals surface area contributed by atoms with Crippen LogP contribution < -0.4 is 0 Å². The van der Waals surface area contributed by atoms with E-state index >= 15 is 0 Å². The summed E-state index contributed by atoms with van der Waals surface area (Å²) in [6.07, 6.45) is 7.06. The van der Waals surface area contributed by atoms with E-state index in [4.69, 9.17) is 4.74 Å². The largest absolute Gasteiger partial charge is 0.469 e. The van der Waals surface area contributed by atoms with Gasteiger partial charge in [0.05, 0.1) is 39.0 Å². The molecule has 136 valence electrons. The van der Waals surface area contributed by atoms with Gasteiger partial charge < -0.3 is 4.74 Å². The van der Waals surface area contributed by atoms with Crippen LogP contribution in [0.15, 0.2) is 37.6 Å². The Morgan fingerprint density at radius 2 is 1.64 bits per heavy atom. The summed E-state index contributed by atoms with van der Waals surface area (Å²) in [5.41, 5.74) is 0. The highest BCUT2D eigenvalue weighted by Crippen LogP contribution is 2.60. The molecule has 0 bridgehead atoms. The number of methoxy groups -OCH3 is 1. The van der Waals surface area contributed by atoms with Gasteiger partial charge in [-0.15, -0.1) is 47.0 Å². The molecule has 0 atom stereocenters. The van der Waals surface area contributed by atoms with Gasteiger partial charge in [-0.3, -0.25) is 4.79 Å². The molecule has 0 unspecified atom stereocenters. The molecule has 0 spiro atoms. The Morgan fingerprint density at radius 3 is 2.24 bits per heavy atom. The van der Waals surface area contributed by atoms with Crippen molar-refractivity contribution in [3.63, 3.8) is 0 Å². The van der Waals surface area contributed by atoms with Gasteiger partial charge in [0.25, 0.3) is 0 Å². The van der Waals surface area contributed by atoms with Gasteiger partial charge in [0.2, 0.25) is 0 Å². The first-order chi connectivity index (χ1) is 12.2. The zero-order valence-corrected chi connectivity index (χ0v) is 20.1. The average molecular weight is 485 g/mol. The maximum absolute atomic E-state index is 11.3. The molecule has 0 radical (unpaired) electrons. The molecule has 0 aromatic heterocycles. The lowest BCUT2D eigenvalue weighted by molar-refractivity contribution is -0.140. The van der Waals surface area contributed by atoms with Gasteiger partial charge in [0, 0.05) is 17.3 Å². The number of esters is 1. The maximum atomic E-state index is 11.3. The Balaban J connectivity index is 1.54. The number of allylic oxidation sites excluding steroid dienone is 2. The standard InChI is InChI=1S/C15H16O2S8/c1-17-9(16)5-6-19-13-12(18-2)22-10(23-13)3-4-11-24-14-15(25-11)21-8-7-20-14/h3-4H,5-8H2,1-2H3/b10-3-. The fourth-order valence-electron chi connectivity index (χ4n) is 1.83. The number of rotatable bonds is 6. The van der Waals surface area contributed by atoms with Crippen LogP contribution in [0.3, 0.4) is 0 Å². The molecule has 3 rings (SSSR count). The Bertz CT molecular complexity index is 644. The van der Waals surface area contributed by atoms with E-state index < -0.39 is 0 Å². The topological polar surface area (TPSA) is 26.3 Å². The minimum absolute atomic E-state index is 0.141. The molecular weight excluding hydrogens is 469 g/mol. The number of hydrogen-bond acceptors (Lipinski definition) is 10. The van der Waals surface area contributed by atoms with E-state index in [-0.39, 0.29) is 5.97 Å². The predicted molar refractivity (Wildman–Crippen MR) is 128 cm³/mol. The molecule has 2 nitrogen and oxygen atoms in total. The van der Waals surface area contributed by atoms with Gasteiger partial charge in [-0.1, -0.05) is 47.0 Å². The van der Waals surface area contributed by atoms with Crippen molar-refractivity contribution in [2.45, 2.75) is 6.42 Å². The molecule has 0 fully saturated rings. The van der Waals surface area contributed by atoms with Crippen molar-refractivity contribution in [3.05, 3.63) is 37.6 Å². The summed E-state index contributed by atoms with van der Waals surface area (Å²) in [4.78, 5) is 11.3. The van der Waals surface area contributed by atoms with Crippen LogP contribution in [-0.2, 0) is 9.53 Å². The third kappa shape index (κ3) is 6.10. The highest BCUT2D eigenvalue weighted by Gasteiger charge is 2.25. The summed E-state index contributed by atoms with van der Waals surface area (Å²) in [5, 5.41) is 0. The van der Waals surface area contributed by atoms with Gasteiger partial charge in [-0.25, -0.2) is 0 Å². The quantitative estimate of drug-likeness (QED) is 0.366. The molecule has 0 aromatic carbocycles. The molecule has 3 heterocycles. The number of thioether (sulfide) groups is 8. The fraction of sp³-hybridized carbons (Fsp3) is 0.400. The Labute approximate surface area is 182 Å². The smallest absolute Gasteiger partial charge is 0.306 e. The van der Waals surface area contributed by atoms with Crippen LogP contribution in [0.25, 0.3) is 0 Å². The molecule has 25 heavy (non-hydrogen) atoms. The van der Waals surface area contributed by atoms with Crippen molar-refractivity contribution in [2.24, 2.45) is 0 Å². The Morgan fingerprint density at radius 1 is 1.04 bits per heavy atom. The third-order valence-electron chi connectivity index (χ3n) is 2.96. The van der Waals surface area contributed by atoms with Crippen LogP contribution in [0, 0.1) is 0 Å². The molecule has 0 saturated carbocycles. The predicted octanol–water partition coefficient (Wildman–Crippen LogP) is 7.02. The molecule has 0 N–H and O–H groups in total. The first-order valence-electron chi connectivity index (χ1n) is 7.30. The van der Waals surface area contributed by atoms with E-state index in [1.807, 2.05) is 70.6 Å². The van der Waals surface area contributed by atoms with Gasteiger partial charge in [0.1, 0.15) is 0 Å². The summed E-state index contributed by atoms with van der Waals surface area (Å²) in [6.45, 7) is 0. The van der Waals surface area contributed by atoms with Crippen LogP contribution in [-0.4, -0.2) is 36.6 Å². The highest BCUT2D eigenvalue weighted by atomic mass is 32.3. The molecule has 0 saturated heterocycles. The van der Waals surface area contributed by atoms with Crippen molar-refractivity contribution >= 4 is 100 Å². The number of carbonyl (C=O) groups excluding carboxylic acids is 1. The third-order valence-corrected chi connectivity index (χ3v) is 13.9. The second-order valence-electron chi connectivity index (χ2n) is 4.61. The lowest BCUT2D eigenvalue weighted by Gasteiger charge is -2.08. The van der Waals surface area contributed by atoms with Crippen molar-refractivity contribution in [1.29, 1.82) is 0 Å². The second-order valence-corrected chi connectivity index (χ2v) is 14.5. The highest BCUT2D eigenvalue weighted by molar-refractivity contribution is 8.42. The van der Waals surface area contributed by atoms with Crippen LogP contribution in [0.1, 0.15) is 6.42 Å². The number of ether oxygens (including phenoxy) is 1. The summed E-state index contributed by atoms with van der Waals surface area (Å²) in [7, 11) is 1.44. The van der Waals surface area contributed by atoms with E-state index in [1.165, 1.54) is 44.0 Å². The summed E-state index contributed by atoms with van der Waals surface area (Å²) < 4.78 is 13.0. The lowest BCUT2D eigenvalue weighted by atomic mass is 10.5. The van der Waals surface area contributed by atoms with Gasteiger partial charge in [-0.05, 0) is 18.4 Å². The van der Waals surface area contributed by atoms with Crippen molar-refractivity contribution < 1.29 is 9.53 Å². The van der Waals surface area contributed by atoms with Crippen LogP contribution in [0.5, 0.6) is 0 Å². The van der Waals surface area contributed by atoms with Crippen molar-refractivity contribution in [1.82, 2.24) is 0 Å². The minimum atomic E-state index is -0.141. The van der Waals surface area contributed by atoms with E-state index in [2.05, 4.69) is 18.4 Å². The first-order valence-corrected chi connectivity index (χ1v) is 14.8. The van der Waals surface area contributed by atoms with Crippen molar-refractivity contribution in [2.75, 3.05) is 30.6 Å². The average Bonchev–Trinajstić information content (AvgIpc) is 3.22. The van der Waals surface area contributed by atoms with E-state index in [9.17, 15) is 4.79 Å². The van der Waals surface area contributed by atoms with Crippen LogP contribution >= 0.6 is 94.1 Å². The van der Waals surface area contributed by atoms with Gasteiger partial charge >= 0.3 is 5.97 Å². The fourth-order valence-corrected chi connectivity index (χ4v) is 12.8. The molecule has 3 aliphatic heterocycles. The lowest BCUT2D eigenvalue weighted by Crippen LogP contribution is -2.00. The summed E-state index contributed by atoms with van der Waals surface area (Å²) in [5.74, 6) is 3.08. The molecule has 0 aromatic rings. The number of carbonyl (C=O) groups is 1. The molecule has 0 amide bonds. The van der Waals surface area contributed by atoms with E-state index in [1.54, 1.807) is 23.5 Å². The molecule has 10 heteroatoms. The van der Waals surface area contributed by atoms with Gasteiger partial charge in [-0.2, -0.15) is 0 Å². The zero-order chi connectivity index (χ0) is 17.6. The second kappa shape index (κ2) is 10.7. The molecule has 0 aliphatic carbocycles. The molecular formula is C15H16O2S8. The van der Waals surface area contributed by atoms with Crippen LogP contribution in [0.4, 0.5) is 0 Å². The van der Waals surface area contributed by atoms with E-state index in [0.717, 1.165) is 5.75 Å². The first kappa shape index (κ1) is 21.0. The zero-order valence-electron chi connectivity index (χ0n) is 13.6. The maximum Gasteiger partial charge on any atom is 0.306 e. The summed E-state index contributed by atoms with van der Waals surface area (Å²) in [6, 6.07) is 0. The van der Waals surface area contributed by atoms with Crippen LogP contribution in [0.2, 0.25) is 0 Å².